The van der Waals surface area contributed by atoms with Crippen molar-refractivity contribution in [3.8, 4) is 0 Å². The van der Waals surface area contributed by atoms with Gasteiger partial charge in [-0.15, -0.1) is 0 Å². The van der Waals surface area contributed by atoms with E-state index >= 15 is 0 Å². The van der Waals surface area contributed by atoms with E-state index in [0.29, 0.717) is 18.6 Å². The third-order valence-electron chi connectivity index (χ3n) is 6.39. The second-order valence-corrected chi connectivity index (χ2v) is 11.0. The summed E-state index contributed by atoms with van der Waals surface area (Å²) in [4.78, 5) is 16.7. The van der Waals surface area contributed by atoms with Crippen LogP contribution in [0.3, 0.4) is 0 Å². The Balaban J connectivity index is 1.45. The predicted octanol–water partition coefficient (Wildman–Crippen LogP) is 4.27. The molecule has 2 fully saturated rings. The summed E-state index contributed by atoms with van der Waals surface area (Å²) in [6, 6.07) is 5.48. The van der Waals surface area contributed by atoms with Gasteiger partial charge < -0.3 is 9.88 Å². The molecule has 12 heteroatoms. The number of nitrogens with zero attached hydrogens (tertiary/aromatic N) is 3. The Morgan fingerprint density at radius 1 is 1.09 bits per heavy atom. The van der Waals surface area contributed by atoms with E-state index in [2.05, 4.69) is 15.0 Å². The molecule has 1 spiro atoms. The zero-order valence-electron chi connectivity index (χ0n) is 17.5. The Morgan fingerprint density at radius 3 is 2.45 bits per heavy atom. The highest BCUT2D eigenvalue weighted by molar-refractivity contribution is 7.90. The first-order valence-electron chi connectivity index (χ1n) is 10.3. The summed E-state index contributed by atoms with van der Waals surface area (Å²) >= 11 is 12.8. The van der Waals surface area contributed by atoms with Crippen LogP contribution in [0.15, 0.2) is 35.4 Å². The van der Waals surface area contributed by atoms with E-state index in [-0.39, 0.29) is 43.5 Å². The maximum Gasteiger partial charge on any atom is 0.301 e. The quantitative estimate of drug-likeness (QED) is 0.533. The van der Waals surface area contributed by atoms with E-state index in [4.69, 9.17) is 23.2 Å². The summed E-state index contributed by atoms with van der Waals surface area (Å²) in [5.41, 5.74) is 0.237. The number of halogens is 3. The molecule has 2 N–H and O–H groups in total. The molecule has 2 heterocycles. The maximum atomic E-state index is 14.7. The van der Waals surface area contributed by atoms with Crippen LogP contribution in [0.25, 0.3) is 10.9 Å². The molecule has 0 radical (unpaired) electrons. The molecule has 2 aliphatic rings. The van der Waals surface area contributed by atoms with Crippen molar-refractivity contribution in [2.24, 2.45) is 12.5 Å². The lowest BCUT2D eigenvalue weighted by Gasteiger charge is -2.54. The molecule has 0 bridgehead atoms. The van der Waals surface area contributed by atoms with Crippen LogP contribution in [-0.4, -0.2) is 35.4 Å². The summed E-state index contributed by atoms with van der Waals surface area (Å²) < 4.78 is 45.3. The van der Waals surface area contributed by atoms with E-state index in [0.717, 1.165) is 25.3 Å². The first kappa shape index (κ1) is 22.4. The number of rotatable bonds is 5. The molecule has 0 amide bonds. The van der Waals surface area contributed by atoms with Crippen molar-refractivity contribution in [1.82, 2.24) is 13.9 Å². The number of fused-ring (bicyclic) bond motifs is 1. The van der Waals surface area contributed by atoms with Crippen molar-refractivity contribution < 1.29 is 12.8 Å². The Kier molecular flexibility index (Phi) is 5.32. The second-order valence-electron chi connectivity index (χ2n) is 8.62. The van der Waals surface area contributed by atoms with Crippen molar-refractivity contribution in [3.63, 3.8) is 0 Å². The normalized spacial score (nSPS) is 17.6. The highest BCUT2D eigenvalue weighted by Crippen LogP contribution is 2.49. The monoisotopic (exact) mass is 511 g/mol. The Labute approximate surface area is 199 Å². The summed E-state index contributed by atoms with van der Waals surface area (Å²) in [6.45, 7) is 0.948. The minimum atomic E-state index is -3.83. The molecule has 1 aromatic heterocycles. The van der Waals surface area contributed by atoms with Crippen LogP contribution in [0, 0.1) is 11.2 Å². The standard InChI is InChI=1S/C21H20Cl2FN5O3S/c1-28-11-25-13-5-6-14(17(22)16(13)20(28)30)26-19-12(24)3-4-15(18(19)23)27-33(31,32)29-9-21(10-29)7-2-8-21/h3-6,11,26-27H,2,7-10H2,1H3. The van der Waals surface area contributed by atoms with Gasteiger partial charge in [0.15, 0.2) is 0 Å². The smallest absolute Gasteiger partial charge is 0.301 e. The number of aryl methyl sites for hydroxylation is 1. The van der Waals surface area contributed by atoms with Gasteiger partial charge in [0.05, 0.1) is 44.3 Å². The summed E-state index contributed by atoms with van der Waals surface area (Å²) in [5, 5.41) is 2.86. The molecule has 1 aliphatic carbocycles. The lowest BCUT2D eigenvalue weighted by Crippen LogP contribution is -2.62. The molecule has 0 atom stereocenters. The SMILES string of the molecule is Cn1cnc2ccc(Nc3c(F)ccc(NS(=O)(=O)N4CC5(CCC5)C4)c3Cl)c(Cl)c2c1=O. The predicted molar refractivity (Wildman–Crippen MR) is 127 cm³/mol. The van der Waals surface area contributed by atoms with Crippen molar-refractivity contribution in [2.75, 3.05) is 23.1 Å². The van der Waals surface area contributed by atoms with Gasteiger partial charge in [-0.05, 0) is 42.5 Å². The van der Waals surface area contributed by atoms with Gasteiger partial charge in [0, 0.05) is 20.1 Å². The number of hydrogen-bond donors (Lipinski definition) is 2. The van der Waals surface area contributed by atoms with Crippen LogP contribution in [0.4, 0.5) is 21.5 Å². The number of nitrogens with one attached hydrogen (secondary N) is 2. The van der Waals surface area contributed by atoms with Crippen LogP contribution in [-0.2, 0) is 17.3 Å². The van der Waals surface area contributed by atoms with Gasteiger partial charge in [-0.2, -0.15) is 12.7 Å². The van der Waals surface area contributed by atoms with E-state index in [1.165, 1.54) is 21.3 Å². The highest BCUT2D eigenvalue weighted by Gasteiger charge is 2.51. The van der Waals surface area contributed by atoms with Crippen molar-refractivity contribution >= 4 is 61.4 Å². The fourth-order valence-corrected chi connectivity index (χ4v) is 6.36. The second kappa shape index (κ2) is 7.83. The zero-order valence-corrected chi connectivity index (χ0v) is 19.9. The molecule has 8 nitrogen and oxygen atoms in total. The third-order valence-corrected chi connectivity index (χ3v) is 8.59. The number of aromatic nitrogens is 2. The molecule has 2 aromatic carbocycles. The first-order valence-corrected chi connectivity index (χ1v) is 12.5. The largest absolute Gasteiger partial charge is 0.351 e. The van der Waals surface area contributed by atoms with Crippen molar-refractivity contribution in [2.45, 2.75) is 19.3 Å². The molecule has 5 rings (SSSR count). The molecule has 1 aliphatic heterocycles. The fraction of sp³-hybridized carbons (Fsp3) is 0.333. The summed E-state index contributed by atoms with van der Waals surface area (Å²) in [5.74, 6) is -0.712. The van der Waals surface area contributed by atoms with Gasteiger partial charge in [0.2, 0.25) is 0 Å². The molecule has 174 valence electrons. The van der Waals surface area contributed by atoms with Gasteiger partial charge in [-0.1, -0.05) is 29.6 Å². The molecule has 1 saturated heterocycles. The number of benzene rings is 2. The van der Waals surface area contributed by atoms with Crippen LogP contribution in [0.1, 0.15) is 19.3 Å². The average Bonchev–Trinajstić information content (AvgIpc) is 2.69. The fourth-order valence-electron chi connectivity index (χ4n) is 4.30. The number of anilines is 3. The van der Waals surface area contributed by atoms with Crippen LogP contribution < -0.4 is 15.6 Å². The lowest BCUT2D eigenvalue weighted by atomic mass is 9.65. The van der Waals surface area contributed by atoms with E-state index < -0.39 is 16.0 Å². The third kappa shape index (κ3) is 3.74. The van der Waals surface area contributed by atoms with Crippen molar-refractivity contribution in [3.05, 3.63) is 56.8 Å². The van der Waals surface area contributed by atoms with Gasteiger partial charge in [-0.3, -0.25) is 9.52 Å². The van der Waals surface area contributed by atoms with Crippen LogP contribution in [0.2, 0.25) is 10.0 Å². The van der Waals surface area contributed by atoms with Gasteiger partial charge in [0.25, 0.3) is 5.56 Å². The molecular formula is C21H20Cl2FN5O3S. The Bertz CT molecular complexity index is 1450. The van der Waals surface area contributed by atoms with E-state index in [1.807, 2.05) is 0 Å². The number of hydrogen-bond acceptors (Lipinski definition) is 5. The topological polar surface area (TPSA) is 96.3 Å². The van der Waals surface area contributed by atoms with Crippen LogP contribution in [0.5, 0.6) is 0 Å². The molecule has 33 heavy (non-hydrogen) atoms. The molecule has 3 aromatic rings. The van der Waals surface area contributed by atoms with Crippen LogP contribution >= 0.6 is 23.2 Å². The van der Waals surface area contributed by atoms with Gasteiger partial charge in [-0.25, -0.2) is 9.37 Å². The van der Waals surface area contributed by atoms with Gasteiger partial charge in [0.1, 0.15) is 5.82 Å². The highest BCUT2D eigenvalue weighted by atomic mass is 35.5. The average molecular weight is 512 g/mol. The Hall–Kier alpha value is -2.40. The minimum absolute atomic E-state index is 0.0321. The zero-order chi connectivity index (χ0) is 23.5. The van der Waals surface area contributed by atoms with Crippen molar-refractivity contribution in [1.29, 1.82) is 0 Å². The molecule has 0 unspecified atom stereocenters. The molecular weight excluding hydrogens is 492 g/mol. The maximum absolute atomic E-state index is 14.7. The molecule has 1 saturated carbocycles. The minimum Gasteiger partial charge on any atom is -0.351 e. The Morgan fingerprint density at radius 2 is 1.79 bits per heavy atom. The lowest BCUT2D eigenvalue weighted by molar-refractivity contribution is -0.00752. The summed E-state index contributed by atoms with van der Waals surface area (Å²) in [6.07, 6.45) is 4.58. The first-order chi connectivity index (χ1) is 15.6. The van der Waals surface area contributed by atoms with E-state index in [9.17, 15) is 17.6 Å². The van der Waals surface area contributed by atoms with Gasteiger partial charge >= 0.3 is 10.2 Å². The van der Waals surface area contributed by atoms with E-state index in [1.54, 1.807) is 19.2 Å². The summed E-state index contributed by atoms with van der Waals surface area (Å²) in [7, 11) is -2.28.